The number of aromatic hydroxyl groups is 1. The number of ether oxygens (including phenoxy) is 4. The number of alkyl halides is 3. The molecule has 4 rings (SSSR count). The molecule has 1 N–H and O–H groups in total. The first-order valence-electron chi connectivity index (χ1n) is 18.5. The predicted molar refractivity (Wildman–Crippen MR) is 220 cm³/mol. The monoisotopic (exact) mass is 832 g/mol. The lowest BCUT2D eigenvalue weighted by Crippen LogP contribution is -2.28. The maximum absolute atomic E-state index is 12.2. The standard InChI is InChI=1S/C13H18O.C12H16O2.C11H13F3O4S.C8H8O3/c1-4-6-11-8-9-13(14-3)10-12(11)7-5-2;1-3-4-11-9-12(14-2)6-5-10(11)7-8-13;1-3-4-8-7-9(17-2)5-6-10(8)18-19(15,16)11(12,13)14;1-11-7-2-3-8(10)6(4-7)5-9/h4,8-10H,1,5-7H2,2-3H3;5-6,8-9H,3-4,7H2,1-2H3;5-7H,3-4H2,1-2H3;2-5,10H,1H3. The van der Waals surface area contributed by atoms with Crippen LogP contribution in [-0.4, -0.2) is 60.0 Å². The van der Waals surface area contributed by atoms with Crippen molar-refractivity contribution < 1.29 is 59.4 Å². The van der Waals surface area contributed by atoms with E-state index in [0.717, 1.165) is 61.5 Å². The van der Waals surface area contributed by atoms with Crippen LogP contribution in [0.4, 0.5) is 13.2 Å². The number of halogens is 3. The molecule has 0 heterocycles. The van der Waals surface area contributed by atoms with Crippen LogP contribution in [0.5, 0.6) is 34.5 Å². The average Bonchev–Trinajstić information content (AvgIpc) is 3.20. The molecule has 0 amide bonds. The fourth-order valence-corrected chi connectivity index (χ4v) is 5.75. The van der Waals surface area contributed by atoms with E-state index >= 15 is 0 Å². The molecule has 0 aliphatic carbocycles. The third kappa shape index (κ3) is 16.9. The van der Waals surface area contributed by atoms with Crippen molar-refractivity contribution in [3.8, 4) is 34.5 Å². The Bertz CT molecular complexity index is 1920. The summed E-state index contributed by atoms with van der Waals surface area (Å²) in [4.78, 5) is 20.7. The summed E-state index contributed by atoms with van der Waals surface area (Å²) in [7, 11) is 0.614. The van der Waals surface area contributed by atoms with Gasteiger partial charge in [0.25, 0.3) is 0 Å². The SMILES string of the molecule is C=CCc1ccc(OC)cc1CCC.CCCc1cc(OC)ccc1CC=O.CCCc1cc(OC)ccc1OS(=O)(=O)C(F)(F)F.COc1ccc(O)c(C=O)c1. The van der Waals surface area contributed by atoms with Gasteiger partial charge in [-0.1, -0.05) is 58.2 Å². The summed E-state index contributed by atoms with van der Waals surface area (Å²) in [6, 6.07) is 20.6. The van der Waals surface area contributed by atoms with Gasteiger partial charge in [0, 0.05) is 6.42 Å². The largest absolute Gasteiger partial charge is 0.534 e. The van der Waals surface area contributed by atoms with Crippen molar-refractivity contribution >= 4 is 22.7 Å². The molecule has 0 aromatic heterocycles. The molecule has 14 heteroatoms. The summed E-state index contributed by atoms with van der Waals surface area (Å²) in [5, 5.41) is 9.04. The van der Waals surface area contributed by atoms with Crippen LogP contribution in [0.1, 0.15) is 78.2 Å². The van der Waals surface area contributed by atoms with E-state index in [2.05, 4.69) is 36.7 Å². The number of methoxy groups -OCH3 is 4. The Morgan fingerprint density at radius 1 is 0.621 bits per heavy atom. The fraction of sp³-hybridized carbons (Fsp3) is 0.364. The van der Waals surface area contributed by atoms with Crippen LogP contribution in [0.2, 0.25) is 0 Å². The lowest BCUT2D eigenvalue weighted by atomic mass is 10.0. The summed E-state index contributed by atoms with van der Waals surface area (Å²) < 4.78 is 82.9. The van der Waals surface area contributed by atoms with Gasteiger partial charge >= 0.3 is 15.6 Å². The molecule has 0 saturated heterocycles. The van der Waals surface area contributed by atoms with Gasteiger partial charge in [-0.05, 0) is 114 Å². The molecule has 0 bridgehead atoms. The van der Waals surface area contributed by atoms with Crippen LogP contribution >= 0.6 is 0 Å². The van der Waals surface area contributed by atoms with Gasteiger partial charge in [-0.3, -0.25) is 4.79 Å². The van der Waals surface area contributed by atoms with Crippen molar-refractivity contribution in [1.82, 2.24) is 0 Å². The first kappa shape index (κ1) is 50.5. The number of carbonyl (C=O) groups is 2. The second-order valence-electron chi connectivity index (χ2n) is 12.4. The fourth-order valence-electron chi connectivity index (χ4n) is 5.25. The lowest BCUT2D eigenvalue weighted by molar-refractivity contribution is -0.107. The molecule has 0 atom stereocenters. The van der Waals surface area contributed by atoms with Crippen molar-refractivity contribution in [2.45, 2.75) is 77.6 Å². The van der Waals surface area contributed by atoms with E-state index < -0.39 is 15.6 Å². The molecular weight excluding hydrogens is 778 g/mol. The van der Waals surface area contributed by atoms with Crippen molar-refractivity contribution in [3.63, 3.8) is 0 Å². The molecular formula is C44H55F3O10S. The highest BCUT2D eigenvalue weighted by molar-refractivity contribution is 7.88. The maximum Gasteiger partial charge on any atom is 0.534 e. The second-order valence-corrected chi connectivity index (χ2v) is 13.9. The minimum absolute atomic E-state index is 0.0270. The van der Waals surface area contributed by atoms with Crippen molar-refractivity contribution in [3.05, 3.63) is 119 Å². The topological polar surface area (TPSA) is 135 Å². The summed E-state index contributed by atoms with van der Waals surface area (Å²) in [5.74, 6) is 2.43. The van der Waals surface area contributed by atoms with Gasteiger partial charge in [-0.15, -0.1) is 6.58 Å². The Labute approximate surface area is 340 Å². The highest BCUT2D eigenvalue weighted by atomic mass is 32.2. The van der Waals surface area contributed by atoms with E-state index in [1.807, 2.05) is 37.3 Å². The van der Waals surface area contributed by atoms with Crippen LogP contribution < -0.4 is 23.1 Å². The first-order chi connectivity index (χ1) is 27.6. The van der Waals surface area contributed by atoms with E-state index in [0.29, 0.717) is 42.6 Å². The van der Waals surface area contributed by atoms with Crippen LogP contribution in [0.15, 0.2) is 85.5 Å². The molecule has 4 aromatic rings. The van der Waals surface area contributed by atoms with Crippen LogP contribution in [0.25, 0.3) is 0 Å². The number of allylic oxidation sites excluding steroid dienone is 1. The number of aryl methyl sites for hydroxylation is 3. The molecule has 0 radical (unpaired) electrons. The minimum atomic E-state index is -5.65. The number of phenolic OH excluding ortho intramolecular Hbond substituents is 1. The molecule has 10 nitrogen and oxygen atoms in total. The molecule has 0 aliphatic rings. The Morgan fingerprint density at radius 2 is 1.03 bits per heavy atom. The van der Waals surface area contributed by atoms with Gasteiger partial charge in [0.05, 0.1) is 34.0 Å². The van der Waals surface area contributed by atoms with Crippen molar-refractivity contribution in [2.75, 3.05) is 28.4 Å². The van der Waals surface area contributed by atoms with E-state index in [1.165, 1.54) is 55.2 Å². The maximum atomic E-state index is 12.2. The highest BCUT2D eigenvalue weighted by Gasteiger charge is 2.48. The van der Waals surface area contributed by atoms with Crippen molar-refractivity contribution in [1.29, 1.82) is 0 Å². The molecule has 58 heavy (non-hydrogen) atoms. The number of hydrogen-bond acceptors (Lipinski definition) is 10. The molecule has 318 valence electrons. The van der Waals surface area contributed by atoms with Gasteiger partial charge in [-0.25, -0.2) is 0 Å². The van der Waals surface area contributed by atoms with Gasteiger partial charge in [0.1, 0.15) is 40.8 Å². The van der Waals surface area contributed by atoms with Gasteiger partial charge < -0.3 is 33.0 Å². The zero-order valence-electron chi connectivity index (χ0n) is 34.2. The highest BCUT2D eigenvalue weighted by Crippen LogP contribution is 2.31. The Hall–Kier alpha value is -5.50. The summed E-state index contributed by atoms with van der Waals surface area (Å²) in [6.07, 6.45) is 10.3. The number of hydrogen-bond donors (Lipinski definition) is 1. The van der Waals surface area contributed by atoms with E-state index in [1.54, 1.807) is 20.3 Å². The molecule has 0 fully saturated rings. The molecule has 0 aliphatic heterocycles. The summed E-state index contributed by atoms with van der Waals surface area (Å²) in [5.41, 5.74) is 0.214. The van der Waals surface area contributed by atoms with E-state index in [4.69, 9.17) is 24.1 Å². The smallest absolute Gasteiger partial charge is 0.507 e. The Balaban J connectivity index is 0.000000394. The molecule has 4 aromatic carbocycles. The number of phenols is 1. The van der Waals surface area contributed by atoms with Crippen LogP contribution in [-0.2, 0) is 47.0 Å². The lowest BCUT2D eigenvalue weighted by Gasteiger charge is -2.13. The van der Waals surface area contributed by atoms with Gasteiger partial charge in [-0.2, -0.15) is 21.6 Å². The first-order valence-corrected chi connectivity index (χ1v) is 19.9. The number of benzene rings is 4. The molecule has 0 saturated carbocycles. The quantitative estimate of drug-likeness (QED) is 0.0474. The van der Waals surface area contributed by atoms with Crippen LogP contribution in [0.3, 0.4) is 0 Å². The second kappa shape index (κ2) is 26.4. The average molecular weight is 833 g/mol. The number of carbonyl (C=O) groups excluding carboxylic acids is 2. The predicted octanol–water partition coefficient (Wildman–Crippen LogP) is 9.85. The van der Waals surface area contributed by atoms with Gasteiger partial charge in [0.15, 0.2) is 6.29 Å². The van der Waals surface area contributed by atoms with Crippen LogP contribution in [0, 0.1) is 0 Å². The minimum Gasteiger partial charge on any atom is -0.507 e. The number of aldehydes is 2. The zero-order valence-corrected chi connectivity index (χ0v) is 35.0. The van der Waals surface area contributed by atoms with E-state index in [-0.39, 0.29) is 17.1 Å². The molecule has 0 unspecified atom stereocenters. The Kier molecular flexibility index (Phi) is 23.0. The number of rotatable bonds is 17. The third-order valence-electron chi connectivity index (χ3n) is 8.16. The Morgan fingerprint density at radius 3 is 1.45 bits per heavy atom. The normalized spacial score (nSPS) is 10.5. The zero-order chi connectivity index (χ0) is 43.7. The van der Waals surface area contributed by atoms with E-state index in [9.17, 15) is 31.2 Å². The molecule has 0 spiro atoms. The summed E-state index contributed by atoms with van der Waals surface area (Å²) >= 11 is 0. The van der Waals surface area contributed by atoms with Crippen molar-refractivity contribution in [2.24, 2.45) is 0 Å². The third-order valence-corrected chi connectivity index (χ3v) is 9.13. The van der Waals surface area contributed by atoms with Gasteiger partial charge in [0.2, 0.25) is 0 Å². The summed E-state index contributed by atoms with van der Waals surface area (Å²) in [6.45, 7) is 9.90.